The molecule has 0 radical (unpaired) electrons. The van der Waals surface area contributed by atoms with E-state index in [1.165, 1.54) is 20.3 Å². The van der Waals surface area contributed by atoms with E-state index in [-0.39, 0.29) is 6.42 Å². The van der Waals surface area contributed by atoms with Crippen LogP contribution in [0.15, 0.2) is 36.4 Å². The SMILES string of the molecule is COc1cccc(C(O)Cc2ccc(F)c(F)c2)c1OC. The predicted octanol–water partition coefficient (Wildman–Crippen LogP) is 3.26. The Labute approximate surface area is 121 Å². The first-order valence-electron chi connectivity index (χ1n) is 6.39. The minimum absolute atomic E-state index is 0.140. The maximum absolute atomic E-state index is 13.2. The quantitative estimate of drug-likeness (QED) is 0.920. The lowest BCUT2D eigenvalue weighted by Crippen LogP contribution is -2.05. The van der Waals surface area contributed by atoms with Gasteiger partial charge in [-0.25, -0.2) is 8.78 Å². The number of para-hydroxylation sites is 1. The molecule has 0 aromatic heterocycles. The summed E-state index contributed by atoms with van der Waals surface area (Å²) in [7, 11) is 2.98. The van der Waals surface area contributed by atoms with Crippen LogP contribution in [0.5, 0.6) is 11.5 Å². The number of hydrogen-bond donors (Lipinski definition) is 1. The number of benzene rings is 2. The van der Waals surface area contributed by atoms with Gasteiger partial charge in [-0.1, -0.05) is 18.2 Å². The molecule has 0 amide bonds. The van der Waals surface area contributed by atoms with Crippen molar-refractivity contribution in [3.05, 3.63) is 59.2 Å². The Bertz CT molecular complexity index is 629. The minimum Gasteiger partial charge on any atom is -0.493 e. The standard InChI is InChI=1S/C16H16F2O3/c1-20-15-5-3-4-11(16(15)21-2)14(19)9-10-6-7-12(17)13(18)8-10/h3-8,14,19H,9H2,1-2H3. The van der Waals surface area contributed by atoms with Crippen LogP contribution in [0.2, 0.25) is 0 Å². The Morgan fingerprint density at radius 3 is 2.43 bits per heavy atom. The monoisotopic (exact) mass is 294 g/mol. The molecule has 0 saturated carbocycles. The van der Waals surface area contributed by atoms with E-state index in [9.17, 15) is 13.9 Å². The molecule has 21 heavy (non-hydrogen) atoms. The summed E-state index contributed by atoms with van der Waals surface area (Å²) in [6, 6.07) is 8.70. The molecule has 0 bridgehead atoms. The van der Waals surface area contributed by atoms with E-state index in [0.717, 1.165) is 12.1 Å². The van der Waals surface area contributed by atoms with E-state index < -0.39 is 17.7 Å². The Balaban J connectivity index is 2.27. The number of aliphatic hydroxyl groups is 1. The topological polar surface area (TPSA) is 38.7 Å². The molecule has 1 N–H and O–H groups in total. The molecule has 1 unspecified atom stereocenters. The van der Waals surface area contributed by atoms with E-state index in [1.54, 1.807) is 18.2 Å². The third kappa shape index (κ3) is 3.31. The predicted molar refractivity (Wildman–Crippen MR) is 74.6 cm³/mol. The third-order valence-corrected chi connectivity index (χ3v) is 3.21. The van der Waals surface area contributed by atoms with Crippen molar-refractivity contribution in [2.24, 2.45) is 0 Å². The van der Waals surface area contributed by atoms with E-state index in [0.29, 0.717) is 22.6 Å². The smallest absolute Gasteiger partial charge is 0.166 e. The van der Waals surface area contributed by atoms with Crippen LogP contribution in [0.4, 0.5) is 8.78 Å². The van der Waals surface area contributed by atoms with Crippen LogP contribution in [0.3, 0.4) is 0 Å². The Morgan fingerprint density at radius 2 is 1.81 bits per heavy atom. The van der Waals surface area contributed by atoms with Crippen molar-refractivity contribution in [2.75, 3.05) is 14.2 Å². The van der Waals surface area contributed by atoms with Crippen molar-refractivity contribution in [2.45, 2.75) is 12.5 Å². The van der Waals surface area contributed by atoms with Gasteiger partial charge in [-0.3, -0.25) is 0 Å². The van der Waals surface area contributed by atoms with Gasteiger partial charge in [0.15, 0.2) is 23.1 Å². The Kier molecular flexibility index (Phi) is 4.75. The molecule has 0 heterocycles. The maximum atomic E-state index is 13.2. The fraction of sp³-hybridized carbons (Fsp3) is 0.250. The fourth-order valence-corrected chi connectivity index (χ4v) is 2.17. The van der Waals surface area contributed by atoms with Crippen LogP contribution in [-0.4, -0.2) is 19.3 Å². The fourth-order valence-electron chi connectivity index (χ4n) is 2.17. The van der Waals surface area contributed by atoms with Gasteiger partial charge in [-0.15, -0.1) is 0 Å². The summed E-state index contributed by atoms with van der Waals surface area (Å²) < 4.78 is 36.5. The molecular weight excluding hydrogens is 278 g/mol. The molecule has 2 rings (SSSR count). The highest BCUT2D eigenvalue weighted by Crippen LogP contribution is 2.35. The average molecular weight is 294 g/mol. The molecule has 2 aromatic rings. The van der Waals surface area contributed by atoms with Gasteiger partial charge < -0.3 is 14.6 Å². The average Bonchev–Trinajstić information content (AvgIpc) is 2.49. The van der Waals surface area contributed by atoms with Crippen LogP contribution in [0, 0.1) is 11.6 Å². The van der Waals surface area contributed by atoms with Crippen molar-refractivity contribution in [1.29, 1.82) is 0 Å². The lowest BCUT2D eigenvalue weighted by atomic mass is 10.00. The molecule has 0 aliphatic rings. The maximum Gasteiger partial charge on any atom is 0.166 e. The summed E-state index contributed by atoms with van der Waals surface area (Å²) in [6.45, 7) is 0. The number of methoxy groups -OCH3 is 2. The molecule has 3 nitrogen and oxygen atoms in total. The molecule has 2 aromatic carbocycles. The first-order valence-corrected chi connectivity index (χ1v) is 6.39. The van der Waals surface area contributed by atoms with Crippen LogP contribution in [0.25, 0.3) is 0 Å². The van der Waals surface area contributed by atoms with Gasteiger partial charge in [0.2, 0.25) is 0 Å². The van der Waals surface area contributed by atoms with Gasteiger partial charge >= 0.3 is 0 Å². The second-order valence-electron chi connectivity index (χ2n) is 4.55. The summed E-state index contributed by atoms with van der Waals surface area (Å²) in [4.78, 5) is 0. The van der Waals surface area contributed by atoms with Crippen molar-refractivity contribution in [3.63, 3.8) is 0 Å². The summed E-state index contributed by atoms with van der Waals surface area (Å²) in [5.41, 5.74) is 1.02. The second-order valence-corrected chi connectivity index (χ2v) is 4.55. The van der Waals surface area contributed by atoms with Gasteiger partial charge in [-0.2, -0.15) is 0 Å². The van der Waals surface area contributed by atoms with Gasteiger partial charge in [-0.05, 0) is 23.8 Å². The number of halogens is 2. The Hall–Kier alpha value is -2.14. The van der Waals surface area contributed by atoms with Gasteiger partial charge in [0.1, 0.15) is 0 Å². The van der Waals surface area contributed by atoms with Crippen LogP contribution >= 0.6 is 0 Å². The normalized spacial score (nSPS) is 12.0. The molecule has 1 atom stereocenters. The molecule has 0 aliphatic heterocycles. The molecule has 0 spiro atoms. The van der Waals surface area contributed by atoms with Gasteiger partial charge in [0.05, 0.1) is 20.3 Å². The van der Waals surface area contributed by atoms with Crippen molar-refractivity contribution in [3.8, 4) is 11.5 Å². The first kappa shape index (κ1) is 15.3. The zero-order chi connectivity index (χ0) is 15.4. The summed E-state index contributed by atoms with van der Waals surface area (Å²) >= 11 is 0. The van der Waals surface area contributed by atoms with Crippen molar-refractivity contribution >= 4 is 0 Å². The highest BCUT2D eigenvalue weighted by atomic mass is 19.2. The number of rotatable bonds is 5. The second kappa shape index (κ2) is 6.54. The van der Waals surface area contributed by atoms with E-state index in [2.05, 4.69) is 0 Å². The molecule has 5 heteroatoms. The van der Waals surface area contributed by atoms with Crippen LogP contribution in [-0.2, 0) is 6.42 Å². The molecule has 0 aliphatic carbocycles. The van der Waals surface area contributed by atoms with E-state index in [1.807, 2.05) is 0 Å². The first-order chi connectivity index (χ1) is 10.1. The molecule has 112 valence electrons. The number of hydrogen-bond acceptors (Lipinski definition) is 3. The lowest BCUT2D eigenvalue weighted by molar-refractivity contribution is 0.173. The molecular formula is C16H16F2O3. The number of aliphatic hydroxyl groups excluding tert-OH is 1. The van der Waals surface area contributed by atoms with Crippen LogP contribution < -0.4 is 9.47 Å². The molecule has 0 fully saturated rings. The van der Waals surface area contributed by atoms with Gasteiger partial charge in [0, 0.05) is 12.0 Å². The largest absolute Gasteiger partial charge is 0.493 e. The molecule has 0 saturated heterocycles. The van der Waals surface area contributed by atoms with Gasteiger partial charge in [0.25, 0.3) is 0 Å². The van der Waals surface area contributed by atoms with E-state index in [4.69, 9.17) is 9.47 Å². The van der Waals surface area contributed by atoms with Crippen molar-refractivity contribution in [1.82, 2.24) is 0 Å². The summed E-state index contributed by atoms with van der Waals surface area (Å²) in [5.74, 6) is -0.918. The summed E-state index contributed by atoms with van der Waals surface area (Å²) in [6.07, 6.45) is -0.777. The minimum atomic E-state index is -0.933. The number of ether oxygens (including phenoxy) is 2. The van der Waals surface area contributed by atoms with Crippen LogP contribution in [0.1, 0.15) is 17.2 Å². The zero-order valence-corrected chi connectivity index (χ0v) is 11.8. The van der Waals surface area contributed by atoms with Crippen molar-refractivity contribution < 1.29 is 23.4 Å². The third-order valence-electron chi connectivity index (χ3n) is 3.21. The lowest BCUT2D eigenvalue weighted by Gasteiger charge is -2.17. The highest BCUT2D eigenvalue weighted by Gasteiger charge is 2.18. The van der Waals surface area contributed by atoms with E-state index >= 15 is 0 Å². The summed E-state index contributed by atoms with van der Waals surface area (Å²) in [5, 5.41) is 10.3. The Morgan fingerprint density at radius 1 is 1.05 bits per heavy atom. The zero-order valence-electron chi connectivity index (χ0n) is 11.8. The highest BCUT2D eigenvalue weighted by molar-refractivity contribution is 5.48.